The highest BCUT2D eigenvalue weighted by Crippen LogP contribution is 2.28. The van der Waals surface area contributed by atoms with Crippen LogP contribution in [0.2, 0.25) is 0 Å². The van der Waals surface area contributed by atoms with Gasteiger partial charge in [-0.05, 0) is 41.3 Å². The number of hydrogen-bond donors (Lipinski definition) is 1. The van der Waals surface area contributed by atoms with E-state index in [-0.39, 0.29) is 5.91 Å². The average Bonchev–Trinajstić information content (AvgIpc) is 2.93. The Morgan fingerprint density at radius 1 is 1.42 bits per heavy atom. The lowest BCUT2D eigenvalue weighted by Crippen LogP contribution is -2.16. The third-order valence-electron chi connectivity index (χ3n) is 3.27. The second-order valence-electron chi connectivity index (χ2n) is 4.60. The molecule has 6 heteroatoms. The Hall–Kier alpha value is -1.69. The van der Waals surface area contributed by atoms with E-state index in [1.165, 1.54) is 5.56 Å². The van der Waals surface area contributed by atoms with Gasteiger partial charge >= 0.3 is 0 Å². The highest BCUT2D eigenvalue weighted by molar-refractivity contribution is 9.10. The molecule has 0 aliphatic heterocycles. The van der Waals surface area contributed by atoms with E-state index < -0.39 is 0 Å². The van der Waals surface area contributed by atoms with Gasteiger partial charge in [-0.25, -0.2) is 0 Å². The summed E-state index contributed by atoms with van der Waals surface area (Å²) in [6, 6.07) is 1.75. The van der Waals surface area contributed by atoms with E-state index in [2.05, 4.69) is 31.3 Å². The molecular weight excluding hydrogens is 308 g/mol. The molecule has 1 aliphatic rings. The molecular formula is C13H13BrN4O. The molecule has 0 fully saturated rings. The summed E-state index contributed by atoms with van der Waals surface area (Å²) >= 11 is 3.31. The number of halogens is 1. The van der Waals surface area contributed by atoms with Crippen LogP contribution in [0.1, 0.15) is 28.0 Å². The normalized spacial score (nSPS) is 13.4. The SMILES string of the molecule is Cn1nc2c(c1NC(=O)c1cncc(Br)c1)CCC2. The minimum atomic E-state index is -0.161. The molecule has 0 unspecified atom stereocenters. The van der Waals surface area contributed by atoms with Crippen LogP contribution in [0.25, 0.3) is 0 Å². The molecule has 0 radical (unpaired) electrons. The van der Waals surface area contributed by atoms with E-state index in [0.29, 0.717) is 5.56 Å². The predicted molar refractivity (Wildman–Crippen MR) is 75.1 cm³/mol. The third-order valence-corrected chi connectivity index (χ3v) is 3.70. The summed E-state index contributed by atoms with van der Waals surface area (Å²) in [5, 5.41) is 7.37. The molecule has 98 valence electrons. The molecule has 2 heterocycles. The molecule has 19 heavy (non-hydrogen) atoms. The van der Waals surface area contributed by atoms with Crippen molar-refractivity contribution in [2.24, 2.45) is 7.05 Å². The lowest BCUT2D eigenvalue weighted by Gasteiger charge is -2.07. The molecule has 2 aromatic rings. The van der Waals surface area contributed by atoms with Crippen LogP contribution >= 0.6 is 15.9 Å². The molecule has 2 aromatic heterocycles. The maximum atomic E-state index is 12.2. The number of amides is 1. The molecule has 0 aromatic carbocycles. The van der Waals surface area contributed by atoms with Gasteiger partial charge in [0.15, 0.2) is 0 Å². The van der Waals surface area contributed by atoms with Crippen LogP contribution in [0.4, 0.5) is 5.82 Å². The summed E-state index contributed by atoms with van der Waals surface area (Å²) in [6.07, 6.45) is 6.29. The van der Waals surface area contributed by atoms with Crippen LogP contribution in [-0.2, 0) is 19.9 Å². The molecule has 3 rings (SSSR count). The summed E-state index contributed by atoms with van der Waals surface area (Å²) in [6.45, 7) is 0. The summed E-state index contributed by atoms with van der Waals surface area (Å²) in [4.78, 5) is 16.2. The maximum absolute atomic E-state index is 12.2. The molecule has 0 bridgehead atoms. The zero-order valence-electron chi connectivity index (χ0n) is 10.5. The van der Waals surface area contributed by atoms with Crippen molar-refractivity contribution in [3.05, 3.63) is 39.8 Å². The minimum Gasteiger partial charge on any atom is -0.306 e. The second kappa shape index (κ2) is 4.77. The average molecular weight is 321 g/mol. The van der Waals surface area contributed by atoms with Crippen molar-refractivity contribution in [3.63, 3.8) is 0 Å². The van der Waals surface area contributed by atoms with Crippen LogP contribution in [0.3, 0.4) is 0 Å². The minimum absolute atomic E-state index is 0.161. The van der Waals surface area contributed by atoms with Gasteiger partial charge in [0.05, 0.1) is 11.3 Å². The topological polar surface area (TPSA) is 59.8 Å². The van der Waals surface area contributed by atoms with Gasteiger partial charge in [0.25, 0.3) is 5.91 Å². The van der Waals surface area contributed by atoms with Gasteiger partial charge in [0.2, 0.25) is 0 Å². The van der Waals surface area contributed by atoms with Gasteiger partial charge in [-0.2, -0.15) is 5.10 Å². The third kappa shape index (κ3) is 2.28. The van der Waals surface area contributed by atoms with Crippen LogP contribution in [-0.4, -0.2) is 20.7 Å². The number of nitrogens with one attached hydrogen (secondary N) is 1. The van der Waals surface area contributed by atoms with Crippen LogP contribution in [0, 0.1) is 0 Å². The predicted octanol–water partition coefficient (Wildman–Crippen LogP) is 2.32. The van der Waals surface area contributed by atoms with Gasteiger partial charge in [0, 0.05) is 29.5 Å². The van der Waals surface area contributed by atoms with Crippen molar-refractivity contribution in [2.75, 3.05) is 5.32 Å². The van der Waals surface area contributed by atoms with E-state index in [1.807, 2.05) is 7.05 Å². The Labute approximate surface area is 119 Å². The van der Waals surface area contributed by atoms with E-state index in [1.54, 1.807) is 23.1 Å². The second-order valence-corrected chi connectivity index (χ2v) is 5.51. The number of carbonyl (C=O) groups excluding carboxylic acids is 1. The largest absolute Gasteiger partial charge is 0.306 e. The molecule has 0 saturated carbocycles. The van der Waals surface area contributed by atoms with Crippen molar-refractivity contribution in [1.82, 2.24) is 14.8 Å². The fraction of sp³-hybridized carbons (Fsp3) is 0.308. The van der Waals surface area contributed by atoms with Crippen molar-refractivity contribution >= 4 is 27.7 Å². The fourth-order valence-corrected chi connectivity index (χ4v) is 2.76. The van der Waals surface area contributed by atoms with Gasteiger partial charge in [0.1, 0.15) is 5.82 Å². The number of aromatic nitrogens is 3. The molecule has 5 nitrogen and oxygen atoms in total. The first-order chi connectivity index (χ1) is 9.15. The van der Waals surface area contributed by atoms with Crippen molar-refractivity contribution in [3.8, 4) is 0 Å². The molecule has 0 saturated heterocycles. The lowest BCUT2D eigenvalue weighted by molar-refractivity contribution is 0.102. The smallest absolute Gasteiger partial charge is 0.258 e. The zero-order valence-corrected chi connectivity index (χ0v) is 12.1. The highest BCUT2D eigenvalue weighted by Gasteiger charge is 2.22. The monoisotopic (exact) mass is 320 g/mol. The first-order valence-corrected chi connectivity index (χ1v) is 6.91. The molecule has 1 N–H and O–H groups in total. The molecule has 0 atom stereocenters. The molecule has 1 amide bonds. The van der Waals surface area contributed by atoms with Crippen LogP contribution < -0.4 is 5.32 Å². The molecule has 0 spiro atoms. The number of carbonyl (C=O) groups is 1. The van der Waals surface area contributed by atoms with Gasteiger partial charge in [-0.15, -0.1) is 0 Å². The van der Waals surface area contributed by atoms with E-state index in [4.69, 9.17) is 0 Å². The quantitative estimate of drug-likeness (QED) is 0.923. The Bertz CT molecular complexity index is 650. The highest BCUT2D eigenvalue weighted by atomic mass is 79.9. The number of rotatable bonds is 2. The van der Waals surface area contributed by atoms with Gasteiger partial charge < -0.3 is 5.32 Å². The number of hydrogen-bond acceptors (Lipinski definition) is 3. The Morgan fingerprint density at radius 2 is 2.26 bits per heavy atom. The van der Waals surface area contributed by atoms with Gasteiger partial charge in [-0.1, -0.05) is 0 Å². The van der Waals surface area contributed by atoms with E-state index in [0.717, 1.165) is 35.2 Å². The Balaban J connectivity index is 1.88. The van der Waals surface area contributed by atoms with Crippen molar-refractivity contribution in [2.45, 2.75) is 19.3 Å². The number of pyridine rings is 1. The fourth-order valence-electron chi connectivity index (χ4n) is 2.39. The summed E-state index contributed by atoms with van der Waals surface area (Å²) < 4.78 is 2.53. The van der Waals surface area contributed by atoms with Crippen molar-refractivity contribution in [1.29, 1.82) is 0 Å². The van der Waals surface area contributed by atoms with E-state index in [9.17, 15) is 4.79 Å². The summed E-state index contributed by atoms with van der Waals surface area (Å²) in [5.41, 5.74) is 2.80. The number of anilines is 1. The number of aryl methyl sites for hydroxylation is 2. The summed E-state index contributed by atoms with van der Waals surface area (Å²) in [5.74, 6) is 0.643. The Kier molecular flexibility index (Phi) is 3.10. The first-order valence-electron chi connectivity index (χ1n) is 6.12. The standard InChI is InChI=1S/C13H13BrN4O/c1-18-12(10-3-2-4-11(10)17-18)16-13(19)8-5-9(14)7-15-6-8/h5-7H,2-4H2,1H3,(H,16,19). The zero-order chi connectivity index (χ0) is 13.4. The molecule has 1 aliphatic carbocycles. The van der Waals surface area contributed by atoms with E-state index >= 15 is 0 Å². The Morgan fingerprint density at radius 3 is 3.05 bits per heavy atom. The lowest BCUT2D eigenvalue weighted by atomic mass is 10.2. The van der Waals surface area contributed by atoms with Crippen molar-refractivity contribution < 1.29 is 4.79 Å². The number of nitrogens with zero attached hydrogens (tertiary/aromatic N) is 3. The van der Waals surface area contributed by atoms with Crippen LogP contribution in [0.15, 0.2) is 22.9 Å². The maximum Gasteiger partial charge on any atom is 0.258 e. The van der Waals surface area contributed by atoms with Gasteiger partial charge in [-0.3, -0.25) is 14.5 Å². The summed E-state index contributed by atoms with van der Waals surface area (Å²) in [7, 11) is 1.85. The van der Waals surface area contributed by atoms with Crippen LogP contribution in [0.5, 0.6) is 0 Å². The number of fused-ring (bicyclic) bond motifs is 1. The first kappa shape index (κ1) is 12.3.